The molecular formula is C17H22N4O5S. The van der Waals surface area contributed by atoms with Crippen molar-refractivity contribution < 1.29 is 23.8 Å². The summed E-state index contributed by atoms with van der Waals surface area (Å²) in [7, 11) is 4.39. The van der Waals surface area contributed by atoms with E-state index < -0.39 is 11.8 Å². The number of methoxy groups -OCH3 is 3. The van der Waals surface area contributed by atoms with E-state index in [1.807, 2.05) is 13.8 Å². The van der Waals surface area contributed by atoms with Crippen molar-refractivity contribution in [2.75, 3.05) is 33.2 Å². The van der Waals surface area contributed by atoms with Crippen LogP contribution in [-0.2, 0) is 4.79 Å². The van der Waals surface area contributed by atoms with Crippen LogP contribution in [0.15, 0.2) is 12.1 Å². The van der Waals surface area contributed by atoms with E-state index in [0.29, 0.717) is 22.4 Å². The second-order valence-corrected chi connectivity index (χ2v) is 6.75. The molecule has 0 unspecified atom stereocenters. The van der Waals surface area contributed by atoms with Crippen LogP contribution in [0.2, 0.25) is 0 Å². The molecule has 0 aliphatic rings. The van der Waals surface area contributed by atoms with Crippen LogP contribution in [0, 0.1) is 0 Å². The molecule has 9 nitrogen and oxygen atoms in total. The van der Waals surface area contributed by atoms with Crippen molar-refractivity contribution in [2.45, 2.75) is 19.8 Å². The number of rotatable bonds is 8. The van der Waals surface area contributed by atoms with Crippen LogP contribution < -0.4 is 24.8 Å². The highest BCUT2D eigenvalue weighted by molar-refractivity contribution is 7.15. The van der Waals surface area contributed by atoms with Crippen molar-refractivity contribution in [3.63, 3.8) is 0 Å². The molecule has 2 rings (SSSR count). The fourth-order valence-electron chi connectivity index (χ4n) is 2.16. The molecular weight excluding hydrogens is 372 g/mol. The Labute approximate surface area is 161 Å². The number of nitrogens with zero attached hydrogens (tertiary/aromatic N) is 2. The van der Waals surface area contributed by atoms with Crippen molar-refractivity contribution in [3.05, 3.63) is 22.7 Å². The Morgan fingerprint density at radius 3 is 2.19 bits per heavy atom. The molecule has 146 valence electrons. The zero-order valence-electron chi connectivity index (χ0n) is 15.8. The normalized spacial score (nSPS) is 10.4. The lowest BCUT2D eigenvalue weighted by atomic mass is 10.1. The summed E-state index contributed by atoms with van der Waals surface area (Å²) < 4.78 is 15.7. The van der Waals surface area contributed by atoms with Crippen molar-refractivity contribution in [3.8, 4) is 17.2 Å². The summed E-state index contributed by atoms with van der Waals surface area (Å²) in [5.74, 6) is 0.453. The molecule has 2 amide bonds. The molecule has 0 atom stereocenters. The fraction of sp³-hybridized carbons (Fsp3) is 0.412. The average molecular weight is 394 g/mol. The van der Waals surface area contributed by atoms with E-state index in [1.165, 1.54) is 44.8 Å². The van der Waals surface area contributed by atoms with Crippen LogP contribution >= 0.6 is 11.3 Å². The maximum atomic E-state index is 12.4. The van der Waals surface area contributed by atoms with E-state index in [0.717, 1.165) is 5.01 Å². The number of nitrogens with one attached hydrogen (secondary N) is 2. The molecule has 0 fully saturated rings. The SMILES string of the molecule is COc1cc(C(=O)NCC(=O)Nc2nnc(C(C)C)s2)cc(OC)c1OC. The monoisotopic (exact) mass is 394 g/mol. The molecule has 27 heavy (non-hydrogen) atoms. The molecule has 0 spiro atoms. The Hall–Kier alpha value is -2.88. The molecule has 0 aliphatic heterocycles. The zero-order valence-corrected chi connectivity index (χ0v) is 16.6. The van der Waals surface area contributed by atoms with E-state index >= 15 is 0 Å². The lowest BCUT2D eigenvalue weighted by Gasteiger charge is -2.14. The molecule has 1 heterocycles. The minimum atomic E-state index is -0.454. The predicted octanol–water partition coefficient (Wildman–Crippen LogP) is 2.06. The highest BCUT2D eigenvalue weighted by atomic mass is 32.1. The predicted molar refractivity (Wildman–Crippen MR) is 101 cm³/mol. The second kappa shape index (κ2) is 9.17. The minimum Gasteiger partial charge on any atom is -0.493 e. The first-order valence-electron chi connectivity index (χ1n) is 8.11. The lowest BCUT2D eigenvalue weighted by molar-refractivity contribution is -0.115. The van der Waals surface area contributed by atoms with Crippen molar-refractivity contribution in [1.29, 1.82) is 0 Å². The summed E-state index contributed by atoms with van der Waals surface area (Å²) in [6.45, 7) is 3.76. The maximum Gasteiger partial charge on any atom is 0.251 e. The molecule has 0 bridgehead atoms. The van der Waals surface area contributed by atoms with Crippen LogP contribution in [0.4, 0.5) is 5.13 Å². The first kappa shape index (κ1) is 20.4. The Balaban J connectivity index is 2.01. The van der Waals surface area contributed by atoms with Crippen LogP contribution in [0.5, 0.6) is 17.2 Å². The highest BCUT2D eigenvalue weighted by Gasteiger charge is 2.18. The Morgan fingerprint density at radius 1 is 1.07 bits per heavy atom. The summed E-state index contributed by atoms with van der Waals surface area (Å²) in [6.07, 6.45) is 0. The number of ether oxygens (including phenoxy) is 3. The molecule has 10 heteroatoms. The van der Waals surface area contributed by atoms with E-state index in [-0.39, 0.29) is 18.0 Å². The van der Waals surface area contributed by atoms with Crippen molar-refractivity contribution >= 4 is 28.3 Å². The number of benzene rings is 1. The fourth-order valence-corrected chi connectivity index (χ4v) is 2.92. The molecule has 0 saturated heterocycles. The van der Waals surface area contributed by atoms with Gasteiger partial charge in [-0.25, -0.2) is 0 Å². The first-order chi connectivity index (χ1) is 12.9. The second-order valence-electron chi connectivity index (χ2n) is 5.75. The molecule has 2 N–H and O–H groups in total. The molecule has 0 aliphatic carbocycles. The van der Waals surface area contributed by atoms with Gasteiger partial charge in [0.25, 0.3) is 5.91 Å². The van der Waals surface area contributed by atoms with Gasteiger partial charge in [0.05, 0.1) is 27.9 Å². The van der Waals surface area contributed by atoms with Gasteiger partial charge in [-0.2, -0.15) is 0 Å². The van der Waals surface area contributed by atoms with Gasteiger partial charge >= 0.3 is 0 Å². The van der Waals surface area contributed by atoms with Gasteiger partial charge in [-0.1, -0.05) is 25.2 Å². The number of anilines is 1. The van der Waals surface area contributed by atoms with Gasteiger partial charge in [0.2, 0.25) is 16.8 Å². The largest absolute Gasteiger partial charge is 0.493 e. The van der Waals surface area contributed by atoms with E-state index in [1.54, 1.807) is 0 Å². The van der Waals surface area contributed by atoms with Gasteiger partial charge in [0.15, 0.2) is 11.5 Å². The van der Waals surface area contributed by atoms with E-state index in [4.69, 9.17) is 14.2 Å². The van der Waals surface area contributed by atoms with Crippen LogP contribution in [0.3, 0.4) is 0 Å². The summed E-state index contributed by atoms with van der Waals surface area (Å²) in [5, 5.41) is 14.3. The standard InChI is InChI=1S/C17H22N4O5S/c1-9(2)16-20-21-17(27-16)19-13(22)8-18-15(23)10-6-11(24-3)14(26-5)12(7-10)25-4/h6-7,9H,8H2,1-5H3,(H,18,23)(H,19,21,22). The average Bonchev–Trinajstić information content (AvgIpc) is 3.13. The van der Waals surface area contributed by atoms with E-state index in [9.17, 15) is 9.59 Å². The number of amides is 2. The molecule has 0 radical (unpaired) electrons. The topological polar surface area (TPSA) is 112 Å². The number of carbonyl (C=O) groups is 2. The van der Waals surface area contributed by atoms with Crippen molar-refractivity contribution in [2.24, 2.45) is 0 Å². The van der Waals surface area contributed by atoms with Gasteiger partial charge in [0.1, 0.15) is 5.01 Å². The molecule has 1 aromatic carbocycles. The zero-order chi connectivity index (χ0) is 20.0. The summed E-state index contributed by atoms with van der Waals surface area (Å²) in [6, 6.07) is 3.02. The third kappa shape index (κ3) is 5.07. The third-order valence-corrected chi connectivity index (χ3v) is 4.66. The summed E-state index contributed by atoms with van der Waals surface area (Å²) in [4.78, 5) is 24.4. The van der Waals surface area contributed by atoms with Gasteiger partial charge in [-0.3, -0.25) is 14.9 Å². The quantitative estimate of drug-likeness (QED) is 0.705. The number of hydrogen-bond acceptors (Lipinski definition) is 8. The highest BCUT2D eigenvalue weighted by Crippen LogP contribution is 2.38. The Morgan fingerprint density at radius 2 is 1.70 bits per heavy atom. The van der Waals surface area contributed by atoms with Crippen LogP contribution in [-0.4, -0.2) is 49.9 Å². The summed E-state index contributed by atoms with van der Waals surface area (Å²) >= 11 is 1.30. The number of hydrogen-bond donors (Lipinski definition) is 2. The maximum absolute atomic E-state index is 12.4. The molecule has 1 aromatic heterocycles. The number of carbonyl (C=O) groups excluding carboxylic acids is 2. The van der Waals surface area contributed by atoms with Crippen molar-refractivity contribution in [1.82, 2.24) is 15.5 Å². The van der Waals surface area contributed by atoms with Gasteiger partial charge in [0, 0.05) is 11.5 Å². The van der Waals surface area contributed by atoms with Gasteiger partial charge in [-0.05, 0) is 12.1 Å². The van der Waals surface area contributed by atoms with Crippen LogP contribution in [0.1, 0.15) is 35.1 Å². The molecule has 2 aromatic rings. The molecule has 0 saturated carbocycles. The van der Waals surface area contributed by atoms with Gasteiger partial charge < -0.3 is 19.5 Å². The van der Waals surface area contributed by atoms with Gasteiger partial charge in [-0.15, -0.1) is 10.2 Å². The lowest BCUT2D eigenvalue weighted by Crippen LogP contribution is -2.32. The smallest absolute Gasteiger partial charge is 0.251 e. The number of aromatic nitrogens is 2. The third-order valence-electron chi connectivity index (χ3n) is 3.52. The van der Waals surface area contributed by atoms with E-state index in [2.05, 4.69) is 20.8 Å². The van der Waals surface area contributed by atoms with Crippen LogP contribution in [0.25, 0.3) is 0 Å². The Kier molecular flexibility index (Phi) is 6.94. The Bertz CT molecular complexity index is 796. The first-order valence-corrected chi connectivity index (χ1v) is 8.92. The minimum absolute atomic E-state index is 0.216. The summed E-state index contributed by atoms with van der Waals surface area (Å²) in [5.41, 5.74) is 0.273.